The van der Waals surface area contributed by atoms with Crippen LogP contribution in [0.2, 0.25) is 0 Å². The van der Waals surface area contributed by atoms with Gasteiger partial charge in [0.15, 0.2) is 0 Å². The van der Waals surface area contributed by atoms with Crippen LogP contribution in [0.5, 0.6) is 0 Å². The van der Waals surface area contributed by atoms with Gasteiger partial charge in [0.1, 0.15) is 6.04 Å². The summed E-state index contributed by atoms with van der Waals surface area (Å²) in [5, 5.41) is 22.1. The van der Waals surface area contributed by atoms with Crippen LogP contribution in [0, 0.1) is 0 Å². The standard InChI is InChI=1S/C29H28N2O4/c32-20-26(17-21-7-3-1-4-8-21)30-29(35)27(18-28(33)34)31-16-15-25(19-31)24-13-11-23(12-14-24)22-9-5-2-6-10-22/h1-16,19,26-27,32H,17-18,20H2,(H,30,35)(H,33,34). The molecule has 0 aliphatic carbocycles. The van der Waals surface area contributed by atoms with Crippen molar-refractivity contribution >= 4 is 11.9 Å². The third-order valence-corrected chi connectivity index (χ3v) is 5.96. The van der Waals surface area contributed by atoms with Gasteiger partial charge in [-0.15, -0.1) is 0 Å². The van der Waals surface area contributed by atoms with Gasteiger partial charge in [0.2, 0.25) is 5.91 Å². The molecule has 1 aromatic heterocycles. The number of carbonyl (C=O) groups is 2. The van der Waals surface area contributed by atoms with E-state index in [1.165, 1.54) is 0 Å². The number of aliphatic carboxylic acids is 1. The van der Waals surface area contributed by atoms with E-state index in [-0.39, 0.29) is 13.0 Å². The number of carboxylic acids is 1. The average Bonchev–Trinajstić information content (AvgIpc) is 3.38. The van der Waals surface area contributed by atoms with Crippen LogP contribution in [0.25, 0.3) is 22.3 Å². The van der Waals surface area contributed by atoms with Gasteiger partial charge >= 0.3 is 5.97 Å². The third kappa shape index (κ3) is 6.25. The van der Waals surface area contributed by atoms with E-state index >= 15 is 0 Å². The minimum Gasteiger partial charge on any atom is -0.481 e. The summed E-state index contributed by atoms with van der Waals surface area (Å²) in [5.41, 5.74) is 5.06. The Bertz CT molecular complexity index is 1250. The van der Waals surface area contributed by atoms with E-state index < -0.39 is 24.0 Å². The Morgan fingerprint density at radius 1 is 0.771 bits per heavy atom. The zero-order valence-corrected chi connectivity index (χ0v) is 19.2. The first-order chi connectivity index (χ1) is 17.0. The normalized spacial score (nSPS) is 12.6. The molecule has 6 nitrogen and oxygen atoms in total. The highest BCUT2D eigenvalue weighted by molar-refractivity contribution is 5.85. The van der Waals surface area contributed by atoms with Crippen LogP contribution in [-0.2, 0) is 16.0 Å². The van der Waals surface area contributed by atoms with Gasteiger partial charge < -0.3 is 20.1 Å². The monoisotopic (exact) mass is 468 g/mol. The highest BCUT2D eigenvalue weighted by Gasteiger charge is 2.25. The van der Waals surface area contributed by atoms with Crippen LogP contribution in [0.15, 0.2) is 103 Å². The number of benzene rings is 3. The van der Waals surface area contributed by atoms with Crippen LogP contribution in [0.3, 0.4) is 0 Å². The van der Waals surface area contributed by atoms with E-state index in [1.54, 1.807) is 17.0 Å². The van der Waals surface area contributed by atoms with Gasteiger partial charge in [0.25, 0.3) is 0 Å². The first-order valence-corrected chi connectivity index (χ1v) is 11.5. The Morgan fingerprint density at radius 3 is 1.94 bits per heavy atom. The molecule has 2 unspecified atom stereocenters. The molecule has 0 fully saturated rings. The van der Waals surface area contributed by atoms with E-state index in [2.05, 4.69) is 17.4 Å². The van der Waals surface area contributed by atoms with E-state index in [0.717, 1.165) is 27.8 Å². The summed E-state index contributed by atoms with van der Waals surface area (Å²) in [7, 11) is 0. The molecule has 2 atom stereocenters. The lowest BCUT2D eigenvalue weighted by atomic mass is 10.0. The molecule has 3 aromatic carbocycles. The molecule has 0 spiro atoms. The Hall–Kier alpha value is -4.16. The molecule has 0 aliphatic heterocycles. The third-order valence-electron chi connectivity index (χ3n) is 5.96. The second-order valence-electron chi connectivity index (χ2n) is 8.48. The molecular formula is C29H28N2O4. The molecule has 4 aromatic rings. The topological polar surface area (TPSA) is 91.6 Å². The van der Waals surface area contributed by atoms with E-state index in [9.17, 15) is 19.8 Å². The van der Waals surface area contributed by atoms with Gasteiger partial charge in [-0.05, 0) is 40.3 Å². The average molecular weight is 469 g/mol. The van der Waals surface area contributed by atoms with Gasteiger partial charge in [0.05, 0.1) is 19.1 Å². The Balaban J connectivity index is 1.50. The Kier molecular flexibility index (Phi) is 7.75. The van der Waals surface area contributed by atoms with E-state index in [1.807, 2.05) is 78.9 Å². The molecule has 6 heteroatoms. The first-order valence-electron chi connectivity index (χ1n) is 11.5. The molecule has 4 rings (SSSR count). The SMILES string of the molecule is O=C(O)CC(C(=O)NC(CO)Cc1ccccc1)n1ccc(-c2ccc(-c3ccccc3)cc2)c1. The van der Waals surface area contributed by atoms with Gasteiger partial charge in [-0.2, -0.15) is 0 Å². The van der Waals surface area contributed by atoms with Crippen LogP contribution >= 0.6 is 0 Å². The van der Waals surface area contributed by atoms with Crippen molar-refractivity contribution in [1.82, 2.24) is 9.88 Å². The smallest absolute Gasteiger partial charge is 0.306 e. The van der Waals surface area contributed by atoms with Crippen molar-refractivity contribution in [2.24, 2.45) is 0 Å². The molecule has 35 heavy (non-hydrogen) atoms. The van der Waals surface area contributed by atoms with Gasteiger partial charge in [-0.25, -0.2) is 0 Å². The van der Waals surface area contributed by atoms with Crippen LogP contribution < -0.4 is 5.32 Å². The Labute approximate surface area is 204 Å². The molecule has 1 amide bonds. The zero-order valence-electron chi connectivity index (χ0n) is 19.2. The number of aliphatic hydroxyl groups excluding tert-OH is 1. The largest absolute Gasteiger partial charge is 0.481 e. The molecule has 0 bridgehead atoms. The summed E-state index contributed by atoms with van der Waals surface area (Å²) in [6.07, 6.45) is 3.60. The van der Waals surface area contributed by atoms with Crippen LogP contribution in [-0.4, -0.2) is 39.3 Å². The fourth-order valence-electron chi connectivity index (χ4n) is 4.12. The van der Waals surface area contributed by atoms with Gasteiger partial charge in [0, 0.05) is 12.4 Å². The number of aliphatic hydroxyl groups is 1. The van der Waals surface area contributed by atoms with Gasteiger partial charge in [-0.1, -0.05) is 84.9 Å². The summed E-state index contributed by atoms with van der Waals surface area (Å²) >= 11 is 0. The maximum absolute atomic E-state index is 13.1. The van der Waals surface area contributed by atoms with Crippen molar-refractivity contribution < 1.29 is 19.8 Å². The van der Waals surface area contributed by atoms with Crippen molar-refractivity contribution in [2.75, 3.05) is 6.61 Å². The number of rotatable bonds is 10. The molecule has 1 heterocycles. The number of hydrogen-bond acceptors (Lipinski definition) is 3. The van der Waals surface area contributed by atoms with Crippen molar-refractivity contribution in [3.63, 3.8) is 0 Å². The quantitative estimate of drug-likeness (QED) is 0.318. The molecule has 3 N–H and O–H groups in total. The fourth-order valence-corrected chi connectivity index (χ4v) is 4.12. The number of nitrogens with zero attached hydrogens (tertiary/aromatic N) is 1. The van der Waals surface area contributed by atoms with Crippen LogP contribution in [0.4, 0.5) is 0 Å². The molecule has 0 radical (unpaired) electrons. The number of aromatic nitrogens is 1. The molecular weight excluding hydrogens is 440 g/mol. The predicted molar refractivity (Wildman–Crippen MR) is 136 cm³/mol. The summed E-state index contributed by atoms with van der Waals surface area (Å²) in [4.78, 5) is 24.6. The molecule has 0 saturated heterocycles. The first kappa shape index (κ1) is 24.0. The van der Waals surface area contributed by atoms with Crippen molar-refractivity contribution in [3.05, 3.63) is 109 Å². The fraction of sp³-hybridized carbons (Fsp3) is 0.172. The minimum atomic E-state index is -1.07. The summed E-state index contributed by atoms with van der Waals surface area (Å²) in [6.45, 7) is -0.245. The highest BCUT2D eigenvalue weighted by Crippen LogP contribution is 2.26. The summed E-state index contributed by atoms with van der Waals surface area (Å²) < 4.78 is 1.63. The maximum atomic E-state index is 13.1. The lowest BCUT2D eigenvalue weighted by molar-refractivity contribution is -0.140. The molecule has 0 saturated carbocycles. The number of hydrogen-bond donors (Lipinski definition) is 3. The zero-order chi connectivity index (χ0) is 24.6. The number of amides is 1. The molecule has 0 aliphatic rings. The maximum Gasteiger partial charge on any atom is 0.306 e. The van der Waals surface area contributed by atoms with Crippen molar-refractivity contribution in [3.8, 4) is 22.3 Å². The minimum absolute atomic E-state index is 0.245. The lowest BCUT2D eigenvalue weighted by Crippen LogP contribution is -2.43. The number of nitrogens with one attached hydrogen (secondary N) is 1. The second kappa shape index (κ2) is 11.3. The van der Waals surface area contributed by atoms with Crippen LogP contribution in [0.1, 0.15) is 18.0 Å². The second-order valence-corrected chi connectivity index (χ2v) is 8.48. The molecule has 178 valence electrons. The number of carbonyl (C=O) groups excluding carboxylic acids is 1. The highest BCUT2D eigenvalue weighted by atomic mass is 16.4. The predicted octanol–water partition coefficient (Wildman–Crippen LogP) is 4.56. The lowest BCUT2D eigenvalue weighted by Gasteiger charge is -2.22. The van der Waals surface area contributed by atoms with E-state index in [4.69, 9.17) is 0 Å². The van der Waals surface area contributed by atoms with Gasteiger partial charge in [-0.3, -0.25) is 9.59 Å². The Morgan fingerprint density at radius 2 is 1.34 bits per heavy atom. The van der Waals surface area contributed by atoms with Crippen molar-refractivity contribution in [1.29, 1.82) is 0 Å². The number of carboxylic acid groups (broad SMARTS) is 1. The van der Waals surface area contributed by atoms with Crippen molar-refractivity contribution in [2.45, 2.75) is 24.9 Å². The van der Waals surface area contributed by atoms with E-state index in [0.29, 0.717) is 6.42 Å². The summed E-state index contributed by atoms with van der Waals surface area (Å²) in [6, 6.07) is 28.1. The summed E-state index contributed by atoms with van der Waals surface area (Å²) in [5.74, 6) is -1.51.